The second-order valence-corrected chi connectivity index (χ2v) is 5.54. The average molecular weight is 294 g/mol. The number of ketones is 1. The summed E-state index contributed by atoms with van der Waals surface area (Å²) in [6.07, 6.45) is 4.06. The molecule has 0 aromatic carbocycles. The van der Waals surface area contributed by atoms with Crippen LogP contribution in [0.25, 0.3) is 0 Å². The van der Waals surface area contributed by atoms with Gasteiger partial charge in [-0.3, -0.25) is 19.8 Å². The van der Waals surface area contributed by atoms with Crippen LogP contribution in [0.1, 0.15) is 52.4 Å². The van der Waals surface area contributed by atoms with E-state index in [1.807, 2.05) is 0 Å². The van der Waals surface area contributed by atoms with Gasteiger partial charge in [-0.1, -0.05) is 19.8 Å². The van der Waals surface area contributed by atoms with Crippen LogP contribution in [-0.4, -0.2) is 35.3 Å². The van der Waals surface area contributed by atoms with Crippen molar-refractivity contribution >= 4 is 17.8 Å². The highest BCUT2D eigenvalue weighted by molar-refractivity contribution is 6.02. The Bertz CT molecular complexity index is 484. The number of unbranched alkanes of at least 4 members (excludes halogenated alkanes) is 2. The molecule has 2 aliphatic rings. The number of Topliss-reactive ketones (excluding diaryl/α,β-unsaturated/α-hetero) is 1. The van der Waals surface area contributed by atoms with E-state index in [1.54, 1.807) is 6.92 Å². The third kappa shape index (κ3) is 3.43. The highest BCUT2D eigenvalue weighted by Crippen LogP contribution is 2.26. The number of ether oxygens (including phenoxy) is 1. The predicted octanol–water partition coefficient (Wildman–Crippen LogP) is 2.10. The Hall–Kier alpha value is -1.85. The zero-order valence-electron chi connectivity index (χ0n) is 12.6. The Morgan fingerprint density at radius 2 is 2.14 bits per heavy atom. The Morgan fingerprint density at radius 3 is 2.86 bits per heavy atom. The molecule has 1 saturated heterocycles. The molecule has 0 aromatic rings. The number of hydrogen-bond acceptors (Lipinski definition) is 4. The fourth-order valence-corrected chi connectivity index (χ4v) is 2.69. The molecule has 2 aliphatic heterocycles. The normalized spacial score (nSPS) is 22.0. The molecular weight excluding hydrogens is 272 g/mol. The molecule has 1 atom stereocenters. The number of carbonyl (C=O) groups is 3. The van der Waals surface area contributed by atoms with Crippen LogP contribution in [0, 0.1) is 0 Å². The molecule has 2 rings (SSSR count). The molecule has 1 fully saturated rings. The van der Waals surface area contributed by atoms with Gasteiger partial charge in [-0.05, 0) is 26.2 Å². The number of rotatable bonds is 5. The Balaban J connectivity index is 2.07. The molecule has 6 heteroatoms. The summed E-state index contributed by atoms with van der Waals surface area (Å²) < 4.78 is 5.20. The van der Waals surface area contributed by atoms with Crippen LogP contribution in [0.15, 0.2) is 11.5 Å². The van der Waals surface area contributed by atoms with Crippen molar-refractivity contribution in [3.05, 3.63) is 11.5 Å². The highest BCUT2D eigenvalue weighted by atomic mass is 16.6. The Kier molecular flexibility index (Phi) is 4.98. The van der Waals surface area contributed by atoms with Gasteiger partial charge >= 0.3 is 6.09 Å². The molecule has 2 heterocycles. The zero-order chi connectivity index (χ0) is 15.4. The van der Waals surface area contributed by atoms with Crippen LogP contribution in [-0.2, 0) is 14.3 Å². The molecule has 0 aliphatic carbocycles. The first kappa shape index (κ1) is 15.5. The van der Waals surface area contributed by atoms with Gasteiger partial charge in [0.2, 0.25) is 11.8 Å². The first-order chi connectivity index (χ1) is 10.0. The average Bonchev–Trinajstić information content (AvgIpc) is 2.91. The van der Waals surface area contributed by atoms with Gasteiger partial charge in [-0.25, -0.2) is 4.79 Å². The van der Waals surface area contributed by atoms with E-state index < -0.39 is 12.1 Å². The van der Waals surface area contributed by atoms with Crippen molar-refractivity contribution in [2.75, 3.05) is 6.54 Å². The van der Waals surface area contributed by atoms with Crippen LogP contribution >= 0.6 is 0 Å². The standard InChI is InChI=1S/C15H22N2O4/c1-3-4-5-8-12(18)16-14-10(2)13(19)11-7-6-9-17(11)15(20)21-14/h11H,3-9H2,1-2H3,(H,16,18)/t11-/m0/s1. The van der Waals surface area contributed by atoms with Gasteiger partial charge in [-0.15, -0.1) is 0 Å². The van der Waals surface area contributed by atoms with E-state index >= 15 is 0 Å². The molecule has 116 valence electrons. The minimum Gasteiger partial charge on any atom is -0.393 e. The molecule has 2 amide bonds. The van der Waals surface area contributed by atoms with Gasteiger partial charge in [0.15, 0.2) is 5.78 Å². The van der Waals surface area contributed by atoms with E-state index in [-0.39, 0.29) is 17.6 Å². The molecule has 0 saturated carbocycles. The van der Waals surface area contributed by atoms with Gasteiger partial charge in [0.1, 0.15) is 0 Å². The van der Waals surface area contributed by atoms with E-state index in [4.69, 9.17) is 4.74 Å². The van der Waals surface area contributed by atoms with Crippen molar-refractivity contribution in [1.29, 1.82) is 0 Å². The van der Waals surface area contributed by atoms with Gasteiger partial charge in [0.05, 0.1) is 11.6 Å². The number of amides is 2. The fourth-order valence-electron chi connectivity index (χ4n) is 2.69. The van der Waals surface area contributed by atoms with Gasteiger partial charge in [0.25, 0.3) is 0 Å². The number of nitrogens with one attached hydrogen (secondary N) is 1. The van der Waals surface area contributed by atoms with Crippen LogP contribution in [0.2, 0.25) is 0 Å². The van der Waals surface area contributed by atoms with Gasteiger partial charge < -0.3 is 4.74 Å². The van der Waals surface area contributed by atoms with Crippen LogP contribution in [0.4, 0.5) is 4.79 Å². The van der Waals surface area contributed by atoms with Crippen molar-refractivity contribution in [1.82, 2.24) is 10.2 Å². The molecule has 0 bridgehead atoms. The summed E-state index contributed by atoms with van der Waals surface area (Å²) in [4.78, 5) is 37.6. The van der Waals surface area contributed by atoms with E-state index in [0.29, 0.717) is 25.0 Å². The summed E-state index contributed by atoms with van der Waals surface area (Å²) in [6, 6.07) is -0.438. The number of fused-ring (bicyclic) bond motifs is 1. The third-order valence-corrected chi connectivity index (χ3v) is 3.95. The van der Waals surface area contributed by atoms with E-state index in [9.17, 15) is 14.4 Å². The SMILES string of the molecule is CCCCCC(=O)NC1=C(C)C(=O)[C@@H]2CCCN2C(=O)O1. The van der Waals surface area contributed by atoms with Crippen molar-refractivity contribution in [3.63, 3.8) is 0 Å². The van der Waals surface area contributed by atoms with Crippen LogP contribution in [0.5, 0.6) is 0 Å². The minimum absolute atomic E-state index is 0.000832. The maximum atomic E-state index is 12.3. The van der Waals surface area contributed by atoms with Crippen LogP contribution < -0.4 is 5.32 Å². The van der Waals surface area contributed by atoms with Crippen molar-refractivity contribution in [2.24, 2.45) is 0 Å². The molecule has 0 unspecified atom stereocenters. The minimum atomic E-state index is -0.549. The van der Waals surface area contributed by atoms with E-state index in [2.05, 4.69) is 12.2 Å². The summed E-state index contributed by atoms with van der Waals surface area (Å²) in [6.45, 7) is 4.18. The Labute approximate surface area is 124 Å². The maximum Gasteiger partial charge on any atom is 0.417 e. The lowest BCUT2D eigenvalue weighted by Crippen LogP contribution is -2.38. The van der Waals surface area contributed by atoms with Crippen molar-refractivity contribution in [2.45, 2.75) is 58.4 Å². The molecular formula is C15H22N2O4. The zero-order valence-corrected chi connectivity index (χ0v) is 12.6. The Morgan fingerprint density at radius 1 is 1.38 bits per heavy atom. The quantitative estimate of drug-likeness (QED) is 0.788. The topological polar surface area (TPSA) is 75.7 Å². The monoisotopic (exact) mass is 294 g/mol. The number of nitrogens with zero attached hydrogens (tertiary/aromatic N) is 1. The van der Waals surface area contributed by atoms with Crippen molar-refractivity contribution < 1.29 is 19.1 Å². The summed E-state index contributed by atoms with van der Waals surface area (Å²) in [5.74, 6) is -0.358. The second kappa shape index (κ2) is 6.74. The largest absolute Gasteiger partial charge is 0.417 e. The van der Waals surface area contributed by atoms with Gasteiger partial charge in [-0.2, -0.15) is 0 Å². The lowest BCUT2D eigenvalue weighted by Gasteiger charge is -2.19. The summed E-state index contributed by atoms with van der Waals surface area (Å²) in [5.41, 5.74) is 0.321. The van der Waals surface area contributed by atoms with Gasteiger partial charge in [0, 0.05) is 13.0 Å². The molecule has 6 nitrogen and oxygen atoms in total. The first-order valence-electron chi connectivity index (χ1n) is 7.58. The number of hydrogen-bond donors (Lipinski definition) is 1. The molecule has 0 spiro atoms. The van der Waals surface area contributed by atoms with Crippen molar-refractivity contribution in [3.8, 4) is 0 Å². The maximum absolute atomic E-state index is 12.3. The molecule has 21 heavy (non-hydrogen) atoms. The second-order valence-electron chi connectivity index (χ2n) is 5.54. The van der Waals surface area contributed by atoms with Crippen LogP contribution in [0.3, 0.4) is 0 Å². The smallest absolute Gasteiger partial charge is 0.393 e. The number of carbonyl (C=O) groups excluding carboxylic acids is 3. The lowest BCUT2D eigenvalue weighted by atomic mass is 10.0. The molecule has 0 radical (unpaired) electrons. The van der Waals surface area contributed by atoms with E-state index in [1.165, 1.54) is 4.90 Å². The van der Waals surface area contributed by atoms with E-state index in [0.717, 1.165) is 25.7 Å². The fraction of sp³-hybridized carbons (Fsp3) is 0.667. The lowest BCUT2D eigenvalue weighted by molar-refractivity contribution is -0.121. The molecule has 0 aromatic heterocycles. The summed E-state index contributed by atoms with van der Waals surface area (Å²) >= 11 is 0. The molecule has 1 N–H and O–H groups in total. The number of cyclic esters (lactones) is 1. The predicted molar refractivity (Wildman–Crippen MR) is 76.2 cm³/mol. The third-order valence-electron chi connectivity index (χ3n) is 3.95. The first-order valence-corrected chi connectivity index (χ1v) is 7.58. The highest BCUT2D eigenvalue weighted by Gasteiger charge is 2.40. The summed E-state index contributed by atoms with van der Waals surface area (Å²) in [5, 5.41) is 2.57. The summed E-state index contributed by atoms with van der Waals surface area (Å²) in [7, 11) is 0.